The molecule has 0 bridgehead atoms. The van der Waals surface area contributed by atoms with Gasteiger partial charge in [-0.15, -0.1) is 0 Å². The summed E-state index contributed by atoms with van der Waals surface area (Å²) in [5, 5.41) is 7.86. The van der Waals surface area contributed by atoms with Gasteiger partial charge in [0.2, 0.25) is 11.8 Å². The SMILES string of the molecule is C=C[C@H](Oc1cc(O[C@@H]2CNC2(C)C)nc(-c2noc3c2CCC[C@@]32CCCCC2=O)n1)[C@@H]1CCCN1C. The van der Waals surface area contributed by atoms with Crippen molar-refractivity contribution in [2.24, 2.45) is 0 Å². The number of carbonyl (C=O) groups is 1. The molecule has 1 saturated carbocycles. The second-order valence-electron chi connectivity index (χ2n) is 12.0. The first-order valence-electron chi connectivity index (χ1n) is 14.1. The Morgan fingerprint density at radius 1 is 1.18 bits per heavy atom. The third-order valence-electron chi connectivity index (χ3n) is 9.19. The van der Waals surface area contributed by atoms with Crippen LogP contribution in [0.4, 0.5) is 0 Å². The first-order valence-corrected chi connectivity index (χ1v) is 14.1. The number of aromatic nitrogens is 3. The van der Waals surface area contributed by atoms with E-state index in [4.69, 9.17) is 24.0 Å². The predicted octanol–water partition coefficient (Wildman–Crippen LogP) is 4.01. The molecule has 0 aromatic carbocycles. The summed E-state index contributed by atoms with van der Waals surface area (Å²) in [5.74, 6) is 2.29. The van der Waals surface area contributed by atoms with Gasteiger partial charge in [0.25, 0.3) is 0 Å². The van der Waals surface area contributed by atoms with E-state index in [2.05, 4.69) is 42.8 Å². The van der Waals surface area contributed by atoms with Gasteiger partial charge in [-0.25, -0.2) is 0 Å². The number of ether oxygens (including phenoxy) is 2. The van der Waals surface area contributed by atoms with Crippen LogP contribution in [0.2, 0.25) is 0 Å². The van der Waals surface area contributed by atoms with Crippen LogP contribution in [0.3, 0.4) is 0 Å². The van der Waals surface area contributed by atoms with Gasteiger partial charge in [-0.1, -0.05) is 18.2 Å². The molecule has 4 heterocycles. The van der Waals surface area contributed by atoms with Gasteiger partial charge in [0.15, 0.2) is 17.3 Å². The standard InChI is InChI=1S/C29H39N5O4/c1-5-20(19-11-9-15-34(19)4)36-23-16-24(37-22-17-30-28(22,2)3)32-27(31-23)25-18-10-8-14-29(26(18)38-33-25)13-7-6-12-21(29)35/h5,16,19-20,22,30H,1,6-15,17H2,2-4H3/t19-,20-,22+,29+/m0/s1. The molecular weight excluding hydrogens is 482 g/mol. The molecule has 2 aromatic rings. The molecule has 0 radical (unpaired) electrons. The van der Waals surface area contributed by atoms with Crippen molar-refractivity contribution in [2.75, 3.05) is 20.1 Å². The number of likely N-dealkylation sites (N-methyl/N-ethyl adjacent to an activating group) is 1. The van der Waals surface area contributed by atoms with Crippen LogP contribution in [-0.2, 0) is 16.6 Å². The van der Waals surface area contributed by atoms with E-state index in [1.165, 1.54) is 0 Å². The van der Waals surface area contributed by atoms with Crippen LogP contribution in [0.5, 0.6) is 11.8 Å². The Hall–Kier alpha value is -2.78. The van der Waals surface area contributed by atoms with Crippen LogP contribution in [-0.4, -0.2) is 69.7 Å². The summed E-state index contributed by atoms with van der Waals surface area (Å²) in [5.41, 5.74) is 0.846. The number of ketones is 1. The Kier molecular flexibility index (Phi) is 6.54. The van der Waals surface area contributed by atoms with E-state index < -0.39 is 5.41 Å². The Labute approximate surface area is 224 Å². The maximum absolute atomic E-state index is 13.1. The number of carbonyl (C=O) groups excluding carboxylic acids is 1. The highest BCUT2D eigenvalue weighted by atomic mass is 16.5. The van der Waals surface area contributed by atoms with Crippen LogP contribution < -0.4 is 14.8 Å². The minimum absolute atomic E-state index is 0.0244. The van der Waals surface area contributed by atoms with E-state index in [1.54, 1.807) is 6.07 Å². The van der Waals surface area contributed by atoms with Crippen molar-refractivity contribution < 1.29 is 18.8 Å². The maximum atomic E-state index is 13.1. The molecule has 2 aliphatic carbocycles. The zero-order valence-electron chi connectivity index (χ0n) is 22.8. The lowest BCUT2D eigenvalue weighted by molar-refractivity contribution is -0.128. The molecule has 0 amide bonds. The zero-order chi connectivity index (χ0) is 26.5. The Bertz CT molecular complexity index is 1230. The number of fused-ring (bicyclic) bond motifs is 2. The van der Waals surface area contributed by atoms with Gasteiger partial charge < -0.3 is 19.3 Å². The summed E-state index contributed by atoms with van der Waals surface area (Å²) < 4.78 is 18.7. The first kappa shape index (κ1) is 25.5. The molecule has 4 aliphatic rings. The van der Waals surface area contributed by atoms with Gasteiger partial charge in [0.05, 0.1) is 23.1 Å². The van der Waals surface area contributed by atoms with E-state index in [0.717, 1.165) is 75.8 Å². The number of likely N-dealkylation sites (tertiary alicyclic amines) is 1. The molecule has 38 heavy (non-hydrogen) atoms. The fraction of sp³-hybridized carbons (Fsp3) is 0.655. The molecule has 9 nitrogen and oxygen atoms in total. The topological polar surface area (TPSA) is 103 Å². The van der Waals surface area contributed by atoms with Gasteiger partial charge >= 0.3 is 0 Å². The Morgan fingerprint density at radius 3 is 2.68 bits per heavy atom. The lowest BCUT2D eigenvalue weighted by Gasteiger charge is -2.44. The lowest BCUT2D eigenvalue weighted by atomic mass is 9.64. The van der Waals surface area contributed by atoms with E-state index >= 15 is 0 Å². The fourth-order valence-electron chi connectivity index (χ4n) is 6.70. The summed E-state index contributed by atoms with van der Waals surface area (Å²) in [6.45, 7) is 10.0. The highest BCUT2D eigenvalue weighted by Gasteiger charge is 2.48. The van der Waals surface area contributed by atoms with Crippen LogP contribution in [0.15, 0.2) is 23.2 Å². The minimum atomic E-state index is -0.548. The summed E-state index contributed by atoms with van der Waals surface area (Å²) in [7, 11) is 2.12. The van der Waals surface area contributed by atoms with Gasteiger partial charge in [-0.2, -0.15) is 9.97 Å². The average molecular weight is 522 g/mol. The van der Waals surface area contributed by atoms with Crippen molar-refractivity contribution in [3.63, 3.8) is 0 Å². The predicted molar refractivity (Wildman–Crippen MR) is 142 cm³/mol. The first-order chi connectivity index (χ1) is 18.3. The molecule has 2 saturated heterocycles. The fourth-order valence-corrected chi connectivity index (χ4v) is 6.70. The molecule has 1 spiro atoms. The number of Topliss-reactive ketones (excluding diaryl/α,β-unsaturated/α-hetero) is 1. The van der Waals surface area contributed by atoms with Crippen molar-refractivity contribution in [2.45, 2.75) is 101 Å². The molecule has 2 aromatic heterocycles. The molecule has 3 fully saturated rings. The molecule has 0 unspecified atom stereocenters. The number of nitrogens with one attached hydrogen (secondary N) is 1. The second-order valence-corrected chi connectivity index (χ2v) is 12.0. The monoisotopic (exact) mass is 521 g/mol. The lowest BCUT2D eigenvalue weighted by Crippen LogP contribution is -2.67. The average Bonchev–Trinajstić information content (AvgIpc) is 3.54. The third kappa shape index (κ3) is 4.33. The number of hydrogen-bond donors (Lipinski definition) is 1. The van der Waals surface area contributed by atoms with Crippen LogP contribution in [0.25, 0.3) is 11.5 Å². The van der Waals surface area contributed by atoms with E-state index in [-0.39, 0.29) is 29.6 Å². The number of nitrogens with zero attached hydrogens (tertiary/aromatic N) is 4. The molecule has 2 aliphatic heterocycles. The summed E-state index contributed by atoms with van der Waals surface area (Å²) in [6, 6.07) is 2.00. The van der Waals surface area contributed by atoms with Gasteiger partial charge in [-0.05, 0) is 78.5 Å². The van der Waals surface area contributed by atoms with E-state index in [1.807, 2.05) is 6.08 Å². The molecular formula is C29H39N5O4. The summed E-state index contributed by atoms with van der Waals surface area (Å²) in [6.07, 6.45) is 9.74. The highest BCUT2D eigenvalue weighted by Crippen LogP contribution is 2.47. The van der Waals surface area contributed by atoms with Crippen molar-refractivity contribution in [3.8, 4) is 23.3 Å². The van der Waals surface area contributed by atoms with Crippen LogP contribution in [0, 0.1) is 0 Å². The zero-order valence-corrected chi connectivity index (χ0v) is 22.8. The van der Waals surface area contributed by atoms with E-state index in [0.29, 0.717) is 29.7 Å². The van der Waals surface area contributed by atoms with Crippen molar-refractivity contribution in [1.29, 1.82) is 0 Å². The van der Waals surface area contributed by atoms with Gasteiger partial charge in [0, 0.05) is 18.5 Å². The number of hydrogen-bond acceptors (Lipinski definition) is 9. The second kappa shape index (κ2) is 9.75. The van der Waals surface area contributed by atoms with Crippen molar-refractivity contribution >= 4 is 5.78 Å². The summed E-state index contributed by atoms with van der Waals surface area (Å²) in [4.78, 5) is 25.0. The van der Waals surface area contributed by atoms with Crippen LogP contribution in [0.1, 0.15) is 76.5 Å². The number of rotatable bonds is 7. The quantitative estimate of drug-likeness (QED) is 0.542. The van der Waals surface area contributed by atoms with E-state index in [9.17, 15) is 4.79 Å². The minimum Gasteiger partial charge on any atom is -0.471 e. The molecule has 6 rings (SSSR count). The Morgan fingerprint density at radius 2 is 2.00 bits per heavy atom. The molecule has 4 atom stereocenters. The third-order valence-corrected chi connectivity index (χ3v) is 9.19. The van der Waals surface area contributed by atoms with Crippen molar-refractivity contribution in [3.05, 3.63) is 30.0 Å². The summed E-state index contributed by atoms with van der Waals surface area (Å²) >= 11 is 0. The smallest absolute Gasteiger partial charge is 0.221 e. The molecule has 204 valence electrons. The Balaban J connectivity index is 1.37. The molecule has 1 N–H and O–H groups in total. The van der Waals surface area contributed by atoms with Gasteiger partial charge in [-0.3, -0.25) is 9.69 Å². The van der Waals surface area contributed by atoms with Crippen LogP contribution >= 0.6 is 0 Å². The highest BCUT2D eigenvalue weighted by molar-refractivity contribution is 5.91. The largest absolute Gasteiger partial charge is 0.471 e. The normalized spacial score (nSPS) is 29.5. The molecule has 9 heteroatoms. The van der Waals surface area contributed by atoms with Gasteiger partial charge in [0.1, 0.15) is 18.0 Å². The van der Waals surface area contributed by atoms with Crippen molar-refractivity contribution in [1.82, 2.24) is 25.3 Å². The maximum Gasteiger partial charge on any atom is 0.221 e.